The molecule has 1 aliphatic rings. The molecule has 1 amide bonds. The quantitative estimate of drug-likeness (QED) is 0.745. The van der Waals surface area contributed by atoms with E-state index < -0.39 is 16.1 Å². The minimum atomic E-state index is -3.18. The summed E-state index contributed by atoms with van der Waals surface area (Å²) in [7, 11) is -3.18. The van der Waals surface area contributed by atoms with Gasteiger partial charge in [-0.1, -0.05) is 13.3 Å². The molecule has 0 aliphatic carbocycles. The molecule has 0 saturated carbocycles. The van der Waals surface area contributed by atoms with Crippen molar-refractivity contribution >= 4 is 15.9 Å². The second-order valence-electron chi connectivity index (χ2n) is 4.57. The van der Waals surface area contributed by atoms with Crippen molar-refractivity contribution in [1.29, 1.82) is 0 Å². The van der Waals surface area contributed by atoms with Gasteiger partial charge in [0.1, 0.15) is 6.10 Å². The van der Waals surface area contributed by atoms with E-state index in [1.165, 1.54) is 16.1 Å². The van der Waals surface area contributed by atoms with Crippen LogP contribution >= 0.6 is 0 Å². The molecule has 0 aromatic heterocycles. The predicted octanol–water partition coefficient (Wildman–Crippen LogP) is -0.359. The molecule has 0 aromatic rings. The van der Waals surface area contributed by atoms with Crippen LogP contribution in [0, 0.1) is 0 Å². The molecule has 0 radical (unpaired) electrons. The maximum Gasteiger partial charge on any atom is 0.251 e. The number of amides is 1. The first-order chi connectivity index (χ1) is 8.38. The molecular weight excluding hydrogens is 256 g/mol. The first-order valence-corrected chi connectivity index (χ1v) is 7.94. The monoisotopic (exact) mass is 278 g/mol. The summed E-state index contributed by atoms with van der Waals surface area (Å²) >= 11 is 0. The van der Waals surface area contributed by atoms with Crippen LogP contribution in [-0.4, -0.2) is 66.7 Å². The molecule has 1 rings (SSSR count). The van der Waals surface area contributed by atoms with Crippen molar-refractivity contribution in [3.63, 3.8) is 0 Å². The largest absolute Gasteiger partial charge is 0.384 e. The molecule has 6 nitrogen and oxygen atoms in total. The standard InChI is InChI=1S/C11H22N2O4S/c1-3-4-9-18(16,17)13-7-5-12(6-8-13)11(15)10(2)14/h10,14H,3-9H2,1-2H3/t10-/m1/s1. The zero-order valence-electron chi connectivity index (χ0n) is 11.0. The summed E-state index contributed by atoms with van der Waals surface area (Å²) in [6.45, 7) is 4.74. The van der Waals surface area contributed by atoms with Gasteiger partial charge in [-0.3, -0.25) is 4.79 Å². The summed E-state index contributed by atoms with van der Waals surface area (Å²) in [6.07, 6.45) is 0.489. The second-order valence-corrected chi connectivity index (χ2v) is 6.66. The number of hydrogen-bond acceptors (Lipinski definition) is 4. The van der Waals surface area contributed by atoms with E-state index in [9.17, 15) is 18.3 Å². The minimum absolute atomic E-state index is 0.174. The fourth-order valence-electron chi connectivity index (χ4n) is 1.91. The molecule has 1 atom stereocenters. The van der Waals surface area contributed by atoms with Crippen LogP contribution in [0.1, 0.15) is 26.7 Å². The van der Waals surface area contributed by atoms with Crippen LogP contribution in [0.4, 0.5) is 0 Å². The number of unbranched alkanes of at least 4 members (excludes halogenated alkanes) is 1. The maximum absolute atomic E-state index is 11.9. The van der Waals surface area contributed by atoms with Gasteiger partial charge in [-0.05, 0) is 13.3 Å². The third kappa shape index (κ3) is 3.93. The van der Waals surface area contributed by atoms with E-state index in [4.69, 9.17) is 0 Å². The lowest BCUT2D eigenvalue weighted by atomic mass is 10.3. The highest BCUT2D eigenvalue weighted by molar-refractivity contribution is 7.89. The Morgan fingerprint density at radius 1 is 1.28 bits per heavy atom. The molecule has 0 unspecified atom stereocenters. The van der Waals surface area contributed by atoms with Crippen LogP contribution in [0.25, 0.3) is 0 Å². The van der Waals surface area contributed by atoms with Crippen LogP contribution in [0.2, 0.25) is 0 Å². The normalized spacial score (nSPS) is 19.8. The van der Waals surface area contributed by atoms with E-state index in [-0.39, 0.29) is 11.7 Å². The molecule has 0 bridgehead atoms. The van der Waals surface area contributed by atoms with Gasteiger partial charge in [0.25, 0.3) is 5.91 Å². The Hall–Kier alpha value is -0.660. The minimum Gasteiger partial charge on any atom is -0.384 e. The Labute approximate surface area is 109 Å². The number of sulfonamides is 1. The molecular formula is C11H22N2O4S. The Kier molecular flexibility index (Phi) is 5.55. The molecule has 106 valence electrons. The Bertz CT molecular complexity index is 373. The number of carbonyl (C=O) groups is 1. The third-order valence-corrected chi connectivity index (χ3v) is 5.01. The van der Waals surface area contributed by atoms with E-state index in [0.29, 0.717) is 32.6 Å². The van der Waals surface area contributed by atoms with Crippen molar-refractivity contribution < 1.29 is 18.3 Å². The van der Waals surface area contributed by atoms with Gasteiger partial charge in [-0.15, -0.1) is 0 Å². The van der Waals surface area contributed by atoms with E-state index in [2.05, 4.69) is 0 Å². The highest BCUT2D eigenvalue weighted by Gasteiger charge is 2.29. The molecule has 18 heavy (non-hydrogen) atoms. The van der Waals surface area contributed by atoms with Crippen molar-refractivity contribution in [3.05, 3.63) is 0 Å². The Morgan fingerprint density at radius 3 is 2.28 bits per heavy atom. The molecule has 1 aliphatic heterocycles. The topological polar surface area (TPSA) is 77.9 Å². The Balaban J connectivity index is 2.51. The fraction of sp³-hybridized carbons (Fsp3) is 0.909. The lowest BCUT2D eigenvalue weighted by Crippen LogP contribution is -2.52. The maximum atomic E-state index is 11.9. The highest BCUT2D eigenvalue weighted by atomic mass is 32.2. The molecule has 0 spiro atoms. The smallest absolute Gasteiger partial charge is 0.251 e. The van der Waals surface area contributed by atoms with Crippen LogP contribution in [0.5, 0.6) is 0 Å². The number of nitrogens with zero attached hydrogens (tertiary/aromatic N) is 2. The second kappa shape index (κ2) is 6.49. The van der Waals surface area contributed by atoms with Crippen molar-refractivity contribution in [2.75, 3.05) is 31.9 Å². The van der Waals surface area contributed by atoms with Crippen LogP contribution < -0.4 is 0 Å². The highest BCUT2D eigenvalue weighted by Crippen LogP contribution is 2.10. The van der Waals surface area contributed by atoms with Crippen molar-refractivity contribution in [2.45, 2.75) is 32.8 Å². The van der Waals surface area contributed by atoms with Gasteiger partial charge in [0.15, 0.2) is 0 Å². The van der Waals surface area contributed by atoms with Crippen LogP contribution in [0.3, 0.4) is 0 Å². The van der Waals surface area contributed by atoms with E-state index in [1.54, 1.807) is 0 Å². The van der Waals surface area contributed by atoms with Crippen LogP contribution in [0.15, 0.2) is 0 Å². The molecule has 7 heteroatoms. The summed E-state index contributed by atoms with van der Waals surface area (Å²) in [4.78, 5) is 13.0. The SMILES string of the molecule is CCCCS(=O)(=O)N1CCN(C(=O)[C@@H](C)O)CC1. The molecule has 0 aromatic carbocycles. The number of aliphatic hydroxyl groups excluding tert-OH is 1. The zero-order chi connectivity index (χ0) is 13.8. The third-order valence-electron chi connectivity index (χ3n) is 3.06. The lowest BCUT2D eigenvalue weighted by Gasteiger charge is -2.34. The fourth-order valence-corrected chi connectivity index (χ4v) is 3.54. The van der Waals surface area contributed by atoms with E-state index in [0.717, 1.165) is 6.42 Å². The number of carbonyl (C=O) groups excluding carboxylic acids is 1. The average molecular weight is 278 g/mol. The van der Waals surface area contributed by atoms with Gasteiger partial charge in [0.05, 0.1) is 5.75 Å². The molecule has 1 heterocycles. The summed E-state index contributed by atoms with van der Waals surface area (Å²) in [5.41, 5.74) is 0. The van der Waals surface area contributed by atoms with Gasteiger partial charge in [0, 0.05) is 26.2 Å². The number of rotatable bonds is 5. The summed E-state index contributed by atoms with van der Waals surface area (Å²) in [6, 6.07) is 0. The summed E-state index contributed by atoms with van der Waals surface area (Å²) < 4.78 is 25.3. The predicted molar refractivity (Wildman–Crippen MR) is 68.5 cm³/mol. The van der Waals surface area contributed by atoms with Gasteiger partial charge >= 0.3 is 0 Å². The van der Waals surface area contributed by atoms with Gasteiger partial charge in [-0.25, -0.2) is 8.42 Å². The average Bonchev–Trinajstić information content (AvgIpc) is 2.35. The van der Waals surface area contributed by atoms with E-state index in [1.807, 2.05) is 6.92 Å². The molecule has 1 fully saturated rings. The van der Waals surface area contributed by atoms with Crippen molar-refractivity contribution in [1.82, 2.24) is 9.21 Å². The van der Waals surface area contributed by atoms with E-state index >= 15 is 0 Å². The molecule has 1 saturated heterocycles. The first-order valence-electron chi connectivity index (χ1n) is 6.33. The lowest BCUT2D eigenvalue weighted by molar-refractivity contribution is -0.140. The summed E-state index contributed by atoms with van der Waals surface area (Å²) in [5.74, 6) is -0.158. The number of hydrogen-bond donors (Lipinski definition) is 1. The van der Waals surface area contributed by atoms with Gasteiger partial charge in [-0.2, -0.15) is 4.31 Å². The van der Waals surface area contributed by atoms with Crippen molar-refractivity contribution in [3.8, 4) is 0 Å². The first kappa shape index (κ1) is 15.4. The summed E-state index contributed by atoms with van der Waals surface area (Å²) in [5, 5.41) is 9.19. The zero-order valence-corrected chi connectivity index (χ0v) is 11.8. The Morgan fingerprint density at radius 2 is 1.83 bits per heavy atom. The van der Waals surface area contributed by atoms with Gasteiger partial charge < -0.3 is 10.0 Å². The van der Waals surface area contributed by atoms with Gasteiger partial charge in [0.2, 0.25) is 10.0 Å². The number of aliphatic hydroxyl groups is 1. The van der Waals surface area contributed by atoms with Crippen LogP contribution in [-0.2, 0) is 14.8 Å². The van der Waals surface area contributed by atoms with Crippen molar-refractivity contribution in [2.24, 2.45) is 0 Å². The molecule has 1 N–H and O–H groups in total. The number of piperazine rings is 1.